The van der Waals surface area contributed by atoms with E-state index in [1.165, 1.54) is 12.1 Å². The zero-order valence-corrected chi connectivity index (χ0v) is 13.5. The Morgan fingerprint density at radius 2 is 1.78 bits per heavy atom. The second-order valence-electron chi connectivity index (χ2n) is 5.32. The minimum absolute atomic E-state index is 0.522. The molecule has 0 bridgehead atoms. The minimum Gasteiger partial charge on any atom is -0.370 e. The molecule has 0 aliphatic carbocycles. The van der Waals surface area contributed by atoms with E-state index in [0.29, 0.717) is 18.5 Å². The van der Waals surface area contributed by atoms with Crippen molar-refractivity contribution in [2.24, 2.45) is 0 Å². The number of nitrogens with one attached hydrogen (secondary N) is 1. The normalized spacial score (nSPS) is 14.8. The van der Waals surface area contributed by atoms with E-state index in [2.05, 4.69) is 20.2 Å². The van der Waals surface area contributed by atoms with E-state index in [1.54, 1.807) is 6.33 Å². The molecule has 0 unspecified atom stereocenters. The largest absolute Gasteiger partial charge is 0.370 e. The first-order valence-electron chi connectivity index (χ1n) is 7.54. The Morgan fingerprint density at radius 3 is 2.52 bits per heavy atom. The van der Waals surface area contributed by atoms with Gasteiger partial charge in [-0.25, -0.2) is 18.7 Å². The molecule has 3 rings (SSSR count). The molecule has 2 heterocycles. The monoisotopic (exact) mass is 336 g/mol. The number of nitrogens with zero attached hydrogens (tertiary/aromatic N) is 3. The molecular formula is C16H18F2N4S. The Kier molecular flexibility index (Phi) is 5.27. The molecule has 4 nitrogen and oxygen atoms in total. The predicted molar refractivity (Wildman–Crippen MR) is 90.1 cm³/mol. The summed E-state index contributed by atoms with van der Waals surface area (Å²) < 4.78 is 26.3. The Labute approximate surface area is 138 Å². The number of anilines is 2. The van der Waals surface area contributed by atoms with Crippen molar-refractivity contribution in [3.8, 4) is 0 Å². The van der Waals surface area contributed by atoms with E-state index in [1.807, 2.05) is 17.8 Å². The summed E-state index contributed by atoms with van der Waals surface area (Å²) >= 11 is 1.95. The molecule has 1 aliphatic rings. The zero-order valence-electron chi connectivity index (χ0n) is 12.6. The van der Waals surface area contributed by atoms with Gasteiger partial charge in [-0.3, -0.25) is 0 Å². The first kappa shape index (κ1) is 16.0. The van der Waals surface area contributed by atoms with Gasteiger partial charge >= 0.3 is 0 Å². The first-order valence-corrected chi connectivity index (χ1v) is 8.70. The van der Waals surface area contributed by atoms with Crippen molar-refractivity contribution in [3.05, 3.63) is 47.8 Å². The van der Waals surface area contributed by atoms with Crippen LogP contribution < -0.4 is 10.2 Å². The summed E-state index contributed by atoms with van der Waals surface area (Å²) in [7, 11) is 0. The molecular weight excluding hydrogens is 318 g/mol. The molecule has 0 saturated carbocycles. The summed E-state index contributed by atoms with van der Waals surface area (Å²) in [6, 6.07) is 5.50. The molecule has 2 aromatic rings. The molecule has 0 amide bonds. The van der Waals surface area contributed by atoms with E-state index in [4.69, 9.17) is 0 Å². The number of benzene rings is 1. The molecule has 1 aliphatic heterocycles. The van der Waals surface area contributed by atoms with Gasteiger partial charge in [0.2, 0.25) is 0 Å². The topological polar surface area (TPSA) is 41.0 Å². The van der Waals surface area contributed by atoms with Crippen molar-refractivity contribution in [1.29, 1.82) is 0 Å². The summed E-state index contributed by atoms with van der Waals surface area (Å²) in [5.74, 6) is 2.76. The van der Waals surface area contributed by atoms with Crippen LogP contribution in [-0.4, -0.2) is 41.1 Å². The fourth-order valence-electron chi connectivity index (χ4n) is 2.50. The van der Waals surface area contributed by atoms with Crippen LogP contribution in [0.1, 0.15) is 5.56 Å². The summed E-state index contributed by atoms with van der Waals surface area (Å²) in [4.78, 5) is 10.8. The molecule has 1 aromatic carbocycles. The summed E-state index contributed by atoms with van der Waals surface area (Å²) in [6.07, 6.45) is 2.07. The molecule has 23 heavy (non-hydrogen) atoms. The summed E-state index contributed by atoms with van der Waals surface area (Å²) in [6.45, 7) is 2.53. The molecule has 0 radical (unpaired) electrons. The number of aromatic nitrogens is 2. The molecule has 7 heteroatoms. The van der Waals surface area contributed by atoms with Crippen molar-refractivity contribution in [2.45, 2.75) is 6.42 Å². The highest BCUT2D eigenvalue weighted by Gasteiger charge is 2.12. The van der Waals surface area contributed by atoms with Crippen LogP contribution in [0.15, 0.2) is 30.6 Å². The third kappa shape index (κ3) is 4.54. The van der Waals surface area contributed by atoms with Crippen molar-refractivity contribution in [2.75, 3.05) is 41.4 Å². The Balaban J connectivity index is 1.57. The van der Waals surface area contributed by atoms with E-state index < -0.39 is 11.6 Å². The lowest BCUT2D eigenvalue weighted by Gasteiger charge is -2.27. The number of hydrogen-bond donors (Lipinski definition) is 1. The summed E-state index contributed by atoms with van der Waals surface area (Å²) in [5, 5.41) is 3.18. The molecule has 1 aromatic heterocycles. The van der Waals surface area contributed by atoms with Gasteiger partial charge in [-0.15, -0.1) is 0 Å². The van der Waals surface area contributed by atoms with Crippen LogP contribution in [0.4, 0.5) is 20.4 Å². The molecule has 0 atom stereocenters. The van der Waals surface area contributed by atoms with Gasteiger partial charge in [0, 0.05) is 43.3 Å². The average Bonchev–Trinajstić information content (AvgIpc) is 2.55. The highest BCUT2D eigenvalue weighted by Crippen LogP contribution is 2.18. The summed E-state index contributed by atoms with van der Waals surface area (Å²) in [5.41, 5.74) is 0.623. The van der Waals surface area contributed by atoms with Crippen LogP contribution >= 0.6 is 11.8 Å². The highest BCUT2D eigenvalue weighted by molar-refractivity contribution is 7.99. The van der Waals surface area contributed by atoms with Crippen LogP contribution in [0.5, 0.6) is 0 Å². The predicted octanol–water partition coefficient (Wildman–Crippen LogP) is 2.96. The minimum atomic E-state index is -0.549. The Morgan fingerprint density at radius 1 is 1.04 bits per heavy atom. The molecule has 1 saturated heterocycles. The van der Waals surface area contributed by atoms with Gasteiger partial charge in [0.05, 0.1) is 0 Å². The van der Waals surface area contributed by atoms with Crippen LogP contribution in [-0.2, 0) is 6.42 Å². The maximum atomic E-state index is 13.1. The average molecular weight is 336 g/mol. The number of thioether (sulfide) groups is 1. The van der Waals surface area contributed by atoms with Crippen LogP contribution in [0.2, 0.25) is 0 Å². The molecule has 122 valence electrons. The molecule has 1 N–H and O–H groups in total. The van der Waals surface area contributed by atoms with Gasteiger partial charge in [0.15, 0.2) is 0 Å². The first-order chi connectivity index (χ1) is 11.2. The maximum Gasteiger partial charge on any atom is 0.134 e. The molecule has 1 fully saturated rings. The Bertz CT molecular complexity index is 642. The van der Waals surface area contributed by atoms with Gasteiger partial charge in [0.25, 0.3) is 0 Å². The van der Waals surface area contributed by atoms with Crippen LogP contribution in [0, 0.1) is 11.6 Å². The fraction of sp³-hybridized carbons (Fsp3) is 0.375. The van der Waals surface area contributed by atoms with Crippen molar-refractivity contribution in [1.82, 2.24) is 9.97 Å². The second-order valence-corrected chi connectivity index (χ2v) is 6.54. The number of hydrogen-bond acceptors (Lipinski definition) is 5. The maximum absolute atomic E-state index is 13.1. The third-order valence-electron chi connectivity index (χ3n) is 3.63. The second kappa shape index (κ2) is 7.59. The lowest BCUT2D eigenvalue weighted by atomic mass is 10.1. The van der Waals surface area contributed by atoms with E-state index in [-0.39, 0.29) is 0 Å². The molecule has 0 spiro atoms. The SMILES string of the molecule is Fc1cc(F)cc(CCNc2cc(N3CCSCC3)ncn2)c1. The van der Waals surface area contributed by atoms with Crippen molar-refractivity contribution < 1.29 is 8.78 Å². The number of halogens is 2. The van der Waals surface area contributed by atoms with Crippen LogP contribution in [0.25, 0.3) is 0 Å². The van der Waals surface area contributed by atoms with Crippen molar-refractivity contribution >= 4 is 23.4 Å². The van der Waals surface area contributed by atoms with Crippen LogP contribution in [0.3, 0.4) is 0 Å². The smallest absolute Gasteiger partial charge is 0.134 e. The quantitative estimate of drug-likeness (QED) is 0.909. The van der Waals surface area contributed by atoms with Gasteiger partial charge in [-0.1, -0.05) is 0 Å². The van der Waals surface area contributed by atoms with Gasteiger partial charge in [-0.2, -0.15) is 11.8 Å². The van der Waals surface area contributed by atoms with Gasteiger partial charge < -0.3 is 10.2 Å². The number of rotatable bonds is 5. The van der Waals surface area contributed by atoms with Gasteiger partial charge in [0.1, 0.15) is 29.6 Å². The zero-order chi connectivity index (χ0) is 16.1. The van der Waals surface area contributed by atoms with Crippen molar-refractivity contribution in [3.63, 3.8) is 0 Å². The van der Waals surface area contributed by atoms with E-state index in [0.717, 1.165) is 42.3 Å². The van der Waals surface area contributed by atoms with Gasteiger partial charge in [-0.05, 0) is 24.1 Å². The third-order valence-corrected chi connectivity index (χ3v) is 4.57. The lowest BCUT2D eigenvalue weighted by molar-refractivity contribution is 0.580. The lowest BCUT2D eigenvalue weighted by Crippen LogP contribution is -2.33. The highest BCUT2D eigenvalue weighted by atomic mass is 32.2. The van der Waals surface area contributed by atoms with E-state index >= 15 is 0 Å². The van der Waals surface area contributed by atoms with E-state index in [9.17, 15) is 8.78 Å². The Hall–Kier alpha value is -1.89. The standard InChI is InChI=1S/C16H18F2N4S/c17-13-7-12(8-14(18)9-13)1-2-19-15-10-16(21-11-20-15)22-3-5-23-6-4-22/h7-11H,1-6H2,(H,19,20,21). The fourth-order valence-corrected chi connectivity index (χ4v) is 3.40.